The standard InChI is InChI=1S/C12H12FN3O/c1-7-4-9(13)2-3-10(7)11-15-6-8(5-14)12(17)16-11/h2-4,6H,5,14H2,1H3,(H,15,16,17). The molecule has 4 nitrogen and oxygen atoms in total. The predicted octanol–water partition coefficient (Wildman–Crippen LogP) is 1.34. The second-order valence-corrected chi connectivity index (χ2v) is 3.75. The highest BCUT2D eigenvalue weighted by atomic mass is 19.1. The zero-order valence-electron chi connectivity index (χ0n) is 9.33. The average Bonchev–Trinajstić information content (AvgIpc) is 2.29. The van der Waals surface area contributed by atoms with E-state index < -0.39 is 0 Å². The smallest absolute Gasteiger partial charge is 0.255 e. The van der Waals surface area contributed by atoms with Gasteiger partial charge in [-0.05, 0) is 30.7 Å². The summed E-state index contributed by atoms with van der Waals surface area (Å²) in [5.74, 6) is 0.108. The number of hydrogen-bond donors (Lipinski definition) is 2. The van der Waals surface area contributed by atoms with E-state index in [9.17, 15) is 9.18 Å². The highest BCUT2D eigenvalue weighted by Gasteiger charge is 2.07. The number of rotatable bonds is 2. The fraction of sp³-hybridized carbons (Fsp3) is 0.167. The Bertz CT molecular complexity index is 607. The molecule has 0 amide bonds. The summed E-state index contributed by atoms with van der Waals surface area (Å²) in [7, 11) is 0. The fourth-order valence-corrected chi connectivity index (χ4v) is 1.60. The van der Waals surface area contributed by atoms with Gasteiger partial charge in [0.15, 0.2) is 0 Å². The van der Waals surface area contributed by atoms with Crippen molar-refractivity contribution in [2.24, 2.45) is 5.73 Å². The molecule has 0 saturated carbocycles. The minimum atomic E-state index is -0.313. The van der Waals surface area contributed by atoms with E-state index >= 15 is 0 Å². The normalized spacial score (nSPS) is 10.5. The molecule has 17 heavy (non-hydrogen) atoms. The van der Waals surface area contributed by atoms with Gasteiger partial charge in [0.2, 0.25) is 0 Å². The molecule has 0 radical (unpaired) electrons. The molecule has 0 aliphatic rings. The first kappa shape index (κ1) is 11.5. The van der Waals surface area contributed by atoms with Crippen LogP contribution in [0.15, 0.2) is 29.2 Å². The second-order valence-electron chi connectivity index (χ2n) is 3.75. The maximum Gasteiger partial charge on any atom is 0.255 e. The Balaban J connectivity index is 2.54. The third-order valence-corrected chi connectivity index (χ3v) is 2.54. The number of aryl methyl sites for hydroxylation is 1. The topological polar surface area (TPSA) is 71.8 Å². The number of aromatic nitrogens is 2. The summed E-state index contributed by atoms with van der Waals surface area (Å²) in [6.07, 6.45) is 1.44. The van der Waals surface area contributed by atoms with Gasteiger partial charge >= 0.3 is 0 Å². The van der Waals surface area contributed by atoms with E-state index in [0.717, 1.165) is 0 Å². The Morgan fingerprint density at radius 2 is 2.24 bits per heavy atom. The third-order valence-electron chi connectivity index (χ3n) is 2.54. The number of halogens is 1. The number of H-pyrrole nitrogens is 1. The summed E-state index contributed by atoms with van der Waals surface area (Å²) in [5.41, 5.74) is 6.96. The molecule has 1 aromatic heterocycles. The van der Waals surface area contributed by atoms with Gasteiger partial charge in [-0.25, -0.2) is 9.37 Å². The first-order chi connectivity index (χ1) is 8.11. The van der Waals surface area contributed by atoms with Crippen LogP contribution in [0.5, 0.6) is 0 Å². The van der Waals surface area contributed by atoms with E-state index in [2.05, 4.69) is 9.97 Å². The lowest BCUT2D eigenvalue weighted by atomic mass is 10.1. The molecule has 0 unspecified atom stereocenters. The first-order valence-corrected chi connectivity index (χ1v) is 5.16. The van der Waals surface area contributed by atoms with Crippen molar-refractivity contribution < 1.29 is 4.39 Å². The lowest BCUT2D eigenvalue weighted by Crippen LogP contribution is -2.17. The van der Waals surface area contributed by atoms with Gasteiger partial charge in [-0.3, -0.25) is 4.79 Å². The molecule has 3 N–H and O–H groups in total. The maximum atomic E-state index is 13.0. The van der Waals surface area contributed by atoms with Gasteiger partial charge < -0.3 is 10.7 Å². The molecule has 0 bridgehead atoms. The highest BCUT2D eigenvalue weighted by Crippen LogP contribution is 2.19. The minimum absolute atomic E-state index is 0.144. The summed E-state index contributed by atoms with van der Waals surface area (Å²) in [5, 5.41) is 0. The lowest BCUT2D eigenvalue weighted by molar-refractivity contribution is 0.627. The Hall–Kier alpha value is -2.01. The second kappa shape index (κ2) is 4.47. The molecule has 1 heterocycles. The van der Waals surface area contributed by atoms with Gasteiger partial charge in [0.05, 0.1) is 0 Å². The molecule has 88 valence electrons. The molecule has 0 spiro atoms. The summed E-state index contributed by atoms with van der Waals surface area (Å²) in [4.78, 5) is 18.3. The van der Waals surface area contributed by atoms with Gasteiger partial charge in [-0.2, -0.15) is 0 Å². The van der Waals surface area contributed by atoms with Crippen LogP contribution in [0, 0.1) is 12.7 Å². The minimum Gasteiger partial charge on any atom is -0.326 e. The quantitative estimate of drug-likeness (QED) is 0.822. The summed E-state index contributed by atoms with van der Waals surface area (Å²) in [6, 6.07) is 4.32. The molecule has 1 aromatic carbocycles. The summed E-state index contributed by atoms with van der Waals surface area (Å²) >= 11 is 0. The Labute approximate surface area is 97.3 Å². The van der Waals surface area contributed by atoms with Crippen molar-refractivity contribution in [1.82, 2.24) is 9.97 Å². The third kappa shape index (κ3) is 2.24. The van der Waals surface area contributed by atoms with Crippen molar-refractivity contribution in [2.45, 2.75) is 13.5 Å². The van der Waals surface area contributed by atoms with Crippen LogP contribution in [-0.4, -0.2) is 9.97 Å². The molecule has 0 saturated heterocycles. The van der Waals surface area contributed by atoms with Crippen molar-refractivity contribution in [1.29, 1.82) is 0 Å². The predicted molar refractivity (Wildman–Crippen MR) is 62.9 cm³/mol. The zero-order chi connectivity index (χ0) is 12.4. The first-order valence-electron chi connectivity index (χ1n) is 5.16. The fourth-order valence-electron chi connectivity index (χ4n) is 1.60. The number of nitrogens with zero attached hydrogens (tertiary/aromatic N) is 1. The molecule has 2 rings (SSSR count). The highest BCUT2D eigenvalue weighted by molar-refractivity contribution is 5.59. The summed E-state index contributed by atoms with van der Waals surface area (Å²) in [6.45, 7) is 1.90. The molecule has 0 aliphatic carbocycles. The van der Waals surface area contributed by atoms with Crippen molar-refractivity contribution in [3.05, 3.63) is 51.7 Å². The van der Waals surface area contributed by atoms with Crippen LogP contribution in [-0.2, 0) is 6.54 Å². The average molecular weight is 233 g/mol. The summed E-state index contributed by atoms with van der Waals surface area (Å²) < 4.78 is 13.0. The van der Waals surface area contributed by atoms with Crippen LogP contribution in [0.3, 0.4) is 0 Å². The molecule has 0 fully saturated rings. The molecule has 2 aromatic rings. The Morgan fingerprint density at radius 3 is 2.82 bits per heavy atom. The van der Waals surface area contributed by atoms with Gasteiger partial charge in [0.1, 0.15) is 11.6 Å². The lowest BCUT2D eigenvalue weighted by Gasteiger charge is -2.05. The Kier molecular flexibility index (Phi) is 3.01. The van der Waals surface area contributed by atoms with E-state index in [1.54, 1.807) is 13.0 Å². The molecule has 5 heteroatoms. The van der Waals surface area contributed by atoms with Gasteiger partial charge in [0.25, 0.3) is 5.56 Å². The van der Waals surface area contributed by atoms with Gasteiger partial charge in [0, 0.05) is 23.9 Å². The molecular weight excluding hydrogens is 221 g/mol. The van der Waals surface area contributed by atoms with Crippen LogP contribution in [0.1, 0.15) is 11.1 Å². The SMILES string of the molecule is Cc1cc(F)ccc1-c1ncc(CN)c(=O)[nH]1. The van der Waals surface area contributed by atoms with E-state index in [-0.39, 0.29) is 17.9 Å². The number of benzene rings is 1. The number of nitrogens with two attached hydrogens (primary N) is 1. The van der Waals surface area contributed by atoms with Crippen molar-refractivity contribution in [2.75, 3.05) is 0 Å². The van der Waals surface area contributed by atoms with Crippen LogP contribution < -0.4 is 11.3 Å². The Morgan fingerprint density at radius 1 is 1.47 bits per heavy atom. The molecule has 0 aliphatic heterocycles. The largest absolute Gasteiger partial charge is 0.326 e. The van der Waals surface area contributed by atoms with Crippen LogP contribution in [0.25, 0.3) is 11.4 Å². The molecule has 0 atom stereocenters. The van der Waals surface area contributed by atoms with Crippen LogP contribution >= 0.6 is 0 Å². The van der Waals surface area contributed by atoms with Gasteiger partial charge in [-0.15, -0.1) is 0 Å². The van der Waals surface area contributed by atoms with Crippen LogP contribution in [0.2, 0.25) is 0 Å². The van der Waals surface area contributed by atoms with Crippen molar-refractivity contribution in [3.63, 3.8) is 0 Å². The van der Waals surface area contributed by atoms with Crippen LogP contribution in [0.4, 0.5) is 4.39 Å². The van der Waals surface area contributed by atoms with E-state index in [0.29, 0.717) is 22.5 Å². The zero-order valence-corrected chi connectivity index (χ0v) is 9.33. The number of hydrogen-bond acceptors (Lipinski definition) is 3. The van der Waals surface area contributed by atoms with E-state index in [1.807, 2.05) is 0 Å². The molecular formula is C12H12FN3O. The van der Waals surface area contributed by atoms with Gasteiger partial charge in [-0.1, -0.05) is 0 Å². The maximum absolute atomic E-state index is 13.0. The van der Waals surface area contributed by atoms with Crippen molar-refractivity contribution in [3.8, 4) is 11.4 Å². The number of nitrogens with one attached hydrogen (secondary N) is 1. The van der Waals surface area contributed by atoms with Crippen molar-refractivity contribution >= 4 is 0 Å². The van der Waals surface area contributed by atoms with E-state index in [4.69, 9.17) is 5.73 Å². The number of aromatic amines is 1. The monoisotopic (exact) mass is 233 g/mol. The van der Waals surface area contributed by atoms with E-state index in [1.165, 1.54) is 18.3 Å².